The largest absolute Gasteiger partial charge is 0.488 e. The summed E-state index contributed by atoms with van der Waals surface area (Å²) < 4.78 is 21.3. The van der Waals surface area contributed by atoms with Gasteiger partial charge in [0.05, 0.1) is 23.7 Å². The summed E-state index contributed by atoms with van der Waals surface area (Å²) in [5, 5.41) is 11.6. The molecule has 2 N–H and O–H groups in total. The second-order valence-corrected chi connectivity index (χ2v) is 15.6. The van der Waals surface area contributed by atoms with Crippen LogP contribution in [0.15, 0.2) is 29.6 Å². The van der Waals surface area contributed by atoms with Gasteiger partial charge in [-0.2, -0.15) is 10.1 Å². The van der Waals surface area contributed by atoms with E-state index >= 15 is 0 Å². The average Bonchev–Trinajstić information content (AvgIpc) is 3.63. The van der Waals surface area contributed by atoms with Crippen LogP contribution in [0.1, 0.15) is 70.4 Å². The number of piperidine rings is 1. The molecule has 11 heteroatoms. The van der Waals surface area contributed by atoms with Crippen LogP contribution in [0.5, 0.6) is 5.75 Å². The third-order valence-corrected chi connectivity index (χ3v) is 11.1. The van der Waals surface area contributed by atoms with Crippen molar-refractivity contribution < 1.29 is 8.95 Å². The highest BCUT2D eigenvalue weighted by molar-refractivity contribution is 8.00. The number of nitrogens with zero attached hydrogens (tertiary/aromatic N) is 5. The van der Waals surface area contributed by atoms with Crippen LogP contribution in [-0.2, 0) is 16.6 Å². The molecule has 1 aliphatic heterocycles. The fourth-order valence-corrected chi connectivity index (χ4v) is 6.61. The number of rotatable bonds is 9. The Morgan fingerprint density at radius 2 is 1.90 bits per heavy atom. The molecule has 1 saturated heterocycles. The van der Waals surface area contributed by atoms with Crippen molar-refractivity contribution in [3.05, 3.63) is 40.7 Å². The SMILES string of the molecule is C=S(=O)(c1nn(C)cc1Nc1nc(Nc2cc(C)c(C3CCN(C)C(C)(C)C3)cc2OC2CC2)ncc1Cl)C(C)C. The molecule has 0 bridgehead atoms. The summed E-state index contributed by atoms with van der Waals surface area (Å²) in [6.45, 7) is 11.6. The van der Waals surface area contributed by atoms with Crippen molar-refractivity contribution in [2.75, 3.05) is 24.2 Å². The lowest BCUT2D eigenvalue weighted by atomic mass is 9.78. The highest BCUT2D eigenvalue weighted by Gasteiger charge is 2.34. The van der Waals surface area contributed by atoms with E-state index in [2.05, 4.69) is 76.4 Å². The average molecular weight is 600 g/mol. The number of likely N-dealkylation sites (tertiary alicyclic amines) is 1. The molecule has 2 aromatic heterocycles. The van der Waals surface area contributed by atoms with Gasteiger partial charge in [0.15, 0.2) is 10.8 Å². The molecule has 3 aromatic rings. The number of ether oxygens (including phenoxy) is 1. The predicted molar refractivity (Wildman–Crippen MR) is 169 cm³/mol. The topological polar surface area (TPSA) is 97.2 Å². The monoisotopic (exact) mass is 599 g/mol. The molecular formula is C30H42ClN7O2S. The fourth-order valence-electron chi connectivity index (χ4n) is 5.28. The summed E-state index contributed by atoms with van der Waals surface area (Å²) in [6, 6.07) is 4.36. The normalized spacial score (nSPS) is 20.6. The van der Waals surface area contributed by atoms with Crippen molar-refractivity contribution in [1.29, 1.82) is 0 Å². The van der Waals surface area contributed by atoms with Crippen molar-refractivity contribution >= 4 is 50.1 Å². The van der Waals surface area contributed by atoms with Gasteiger partial charge in [-0.3, -0.25) is 8.89 Å². The number of nitrogens with one attached hydrogen (secondary N) is 2. The van der Waals surface area contributed by atoms with Gasteiger partial charge in [-0.15, -0.1) is 0 Å². The first-order valence-corrected chi connectivity index (χ1v) is 16.4. The molecular weight excluding hydrogens is 558 g/mol. The van der Waals surface area contributed by atoms with Gasteiger partial charge >= 0.3 is 0 Å². The van der Waals surface area contributed by atoms with Gasteiger partial charge in [-0.1, -0.05) is 25.4 Å². The van der Waals surface area contributed by atoms with Gasteiger partial charge in [0.1, 0.15) is 10.8 Å². The lowest BCUT2D eigenvalue weighted by Crippen LogP contribution is -2.46. The van der Waals surface area contributed by atoms with E-state index in [1.54, 1.807) is 24.1 Å². The zero-order valence-corrected chi connectivity index (χ0v) is 26.7. The fraction of sp³-hybridized carbons (Fsp3) is 0.533. The van der Waals surface area contributed by atoms with Crippen LogP contribution in [0.2, 0.25) is 5.02 Å². The van der Waals surface area contributed by atoms with Crippen molar-refractivity contribution in [3.8, 4) is 5.75 Å². The summed E-state index contributed by atoms with van der Waals surface area (Å²) in [5.74, 6) is 6.01. The Morgan fingerprint density at radius 3 is 2.56 bits per heavy atom. The van der Waals surface area contributed by atoms with Crippen LogP contribution < -0.4 is 15.4 Å². The number of aromatic nitrogens is 4. The Balaban J connectivity index is 1.44. The molecule has 2 aliphatic rings. The van der Waals surface area contributed by atoms with Crippen LogP contribution in [0.4, 0.5) is 23.1 Å². The lowest BCUT2D eigenvalue weighted by Gasteiger charge is -2.44. The number of aryl methyl sites for hydroxylation is 2. The van der Waals surface area contributed by atoms with Crippen LogP contribution in [0, 0.1) is 6.92 Å². The van der Waals surface area contributed by atoms with E-state index < -0.39 is 9.52 Å². The zero-order valence-electron chi connectivity index (χ0n) is 25.1. The smallest absolute Gasteiger partial charge is 0.229 e. The molecule has 2 atom stereocenters. The van der Waals surface area contributed by atoms with Crippen molar-refractivity contribution in [3.63, 3.8) is 0 Å². The first-order chi connectivity index (χ1) is 19.2. The third-order valence-electron chi connectivity index (χ3n) is 8.35. The van der Waals surface area contributed by atoms with E-state index in [0.717, 1.165) is 43.7 Å². The third kappa shape index (κ3) is 6.34. The molecule has 0 radical (unpaired) electrons. The van der Waals surface area contributed by atoms with Gasteiger partial charge in [-0.05, 0) is 95.1 Å². The van der Waals surface area contributed by atoms with Crippen LogP contribution in [-0.4, -0.2) is 65.2 Å². The molecule has 1 saturated carbocycles. The number of halogens is 1. The maximum absolute atomic E-state index is 13.3. The molecule has 5 rings (SSSR count). The Hall–Kier alpha value is -2.82. The first kappa shape index (κ1) is 29.7. The quantitative estimate of drug-likeness (QED) is 0.278. The molecule has 0 spiro atoms. The molecule has 1 aliphatic carbocycles. The molecule has 9 nitrogen and oxygen atoms in total. The summed E-state index contributed by atoms with van der Waals surface area (Å²) in [4.78, 5) is 11.6. The molecule has 2 fully saturated rings. The minimum atomic E-state index is -2.63. The highest BCUT2D eigenvalue weighted by atomic mass is 35.5. The predicted octanol–water partition coefficient (Wildman–Crippen LogP) is 6.27. The Labute approximate surface area is 249 Å². The van der Waals surface area contributed by atoms with Crippen molar-refractivity contribution in [2.24, 2.45) is 7.05 Å². The minimum absolute atomic E-state index is 0.148. The maximum Gasteiger partial charge on any atom is 0.229 e. The van der Waals surface area contributed by atoms with E-state index in [1.165, 1.54) is 11.1 Å². The summed E-state index contributed by atoms with van der Waals surface area (Å²) in [5.41, 5.74) is 4.08. The van der Waals surface area contributed by atoms with Gasteiger partial charge in [-0.25, -0.2) is 4.98 Å². The molecule has 3 heterocycles. The minimum Gasteiger partial charge on any atom is -0.488 e. The van der Waals surface area contributed by atoms with Crippen LogP contribution in [0.3, 0.4) is 0 Å². The van der Waals surface area contributed by atoms with Crippen LogP contribution >= 0.6 is 11.6 Å². The van der Waals surface area contributed by atoms with Gasteiger partial charge in [0, 0.05) is 33.6 Å². The van der Waals surface area contributed by atoms with Gasteiger partial charge in [0.2, 0.25) is 5.95 Å². The lowest BCUT2D eigenvalue weighted by molar-refractivity contribution is 0.0940. The second-order valence-electron chi connectivity index (χ2n) is 12.4. The second kappa shape index (κ2) is 11.1. The van der Waals surface area contributed by atoms with E-state index in [-0.39, 0.29) is 16.9 Å². The number of hydrogen-bond donors (Lipinski definition) is 2. The van der Waals surface area contributed by atoms with Crippen molar-refractivity contribution in [2.45, 2.75) is 88.1 Å². The summed E-state index contributed by atoms with van der Waals surface area (Å²) >= 11 is 6.50. The standard InChI is InChI=1S/C30H42ClN7O2S/c1-18(2)41(8,39)28-25(17-38(7)36-28)33-27-23(31)16-32-29(35-27)34-24-13-19(3)22(14-26(24)40-21-9-10-21)20-11-12-37(6)30(4,5)15-20/h13-14,16-18,20-21H,8-12,15H2,1-7H3,(H2,32,33,34,35). The maximum atomic E-state index is 13.3. The Bertz CT molecular complexity index is 1550. The van der Waals surface area contributed by atoms with E-state index in [1.807, 2.05) is 13.8 Å². The van der Waals surface area contributed by atoms with E-state index in [0.29, 0.717) is 33.4 Å². The molecule has 2 unspecified atom stereocenters. The number of benzene rings is 1. The van der Waals surface area contributed by atoms with E-state index in [4.69, 9.17) is 16.3 Å². The molecule has 0 amide bonds. The Kier molecular flexibility index (Phi) is 8.04. The molecule has 222 valence electrons. The summed E-state index contributed by atoms with van der Waals surface area (Å²) in [6.07, 6.45) is 7.89. The van der Waals surface area contributed by atoms with Gasteiger partial charge in [0.25, 0.3) is 0 Å². The number of hydrogen-bond acceptors (Lipinski definition) is 8. The first-order valence-electron chi connectivity index (χ1n) is 14.2. The summed E-state index contributed by atoms with van der Waals surface area (Å²) in [7, 11) is 1.35. The number of anilines is 4. The van der Waals surface area contributed by atoms with E-state index in [9.17, 15) is 4.21 Å². The Morgan fingerprint density at radius 1 is 1.17 bits per heavy atom. The van der Waals surface area contributed by atoms with Crippen LogP contribution in [0.25, 0.3) is 0 Å². The zero-order chi connectivity index (χ0) is 29.7. The van der Waals surface area contributed by atoms with Gasteiger partial charge < -0.3 is 20.3 Å². The molecule has 1 aromatic carbocycles. The highest BCUT2D eigenvalue weighted by Crippen LogP contribution is 2.43. The molecule has 41 heavy (non-hydrogen) atoms. The van der Waals surface area contributed by atoms with Crippen molar-refractivity contribution in [1.82, 2.24) is 24.6 Å².